The zero-order chi connectivity index (χ0) is 24.9. The summed E-state index contributed by atoms with van der Waals surface area (Å²) in [6.45, 7) is 18.0. The molecule has 0 saturated carbocycles. The fourth-order valence-electron chi connectivity index (χ4n) is 4.00. The van der Waals surface area contributed by atoms with Gasteiger partial charge in [0.15, 0.2) is 0 Å². The molecule has 0 aromatic heterocycles. The number of benzene rings is 3. The first-order chi connectivity index (χ1) is 16.1. The summed E-state index contributed by atoms with van der Waals surface area (Å²) in [7, 11) is -0.290. The molecule has 0 heterocycles. The summed E-state index contributed by atoms with van der Waals surface area (Å²) in [5.41, 5.74) is 6.44. The molecule has 0 spiro atoms. The van der Waals surface area contributed by atoms with Gasteiger partial charge in [0.1, 0.15) is 12.4 Å². The van der Waals surface area contributed by atoms with Crippen molar-refractivity contribution >= 4 is 30.1 Å². The topological polar surface area (TPSA) is 46.2 Å². The third-order valence-electron chi connectivity index (χ3n) is 6.58. The van der Waals surface area contributed by atoms with E-state index in [1.807, 2.05) is 13.1 Å². The van der Waals surface area contributed by atoms with E-state index in [0.29, 0.717) is 39.6 Å². The Morgan fingerprint density at radius 1 is 0.588 bits per heavy atom. The molecule has 0 radical (unpaired) electrons. The van der Waals surface area contributed by atoms with Crippen molar-refractivity contribution in [1.29, 1.82) is 0 Å². The molecule has 186 valence electrons. The summed E-state index contributed by atoms with van der Waals surface area (Å²) in [4.78, 5) is 0. The van der Waals surface area contributed by atoms with Crippen LogP contribution in [0.4, 0.5) is 0 Å². The largest absolute Gasteiger partial charge is 0.490 e. The summed E-state index contributed by atoms with van der Waals surface area (Å²) in [5.74, 6) is 0.948. The normalized spacial score (nSPS) is 12.1. The van der Waals surface area contributed by atoms with Crippen LogP contribution in [-0.4, -0.2) is 55.3 Å². The van der Waals surface area contributed by atoms with Crippen molar-refractivity contribution in [2.45, 2.75) is 47.7 Å². The second-order valence-corrected chi connectivity index (χ2v) is 12.9. The van der Waals surface area contributed by atoms with Gasteiger partial charge < -0.3 is 23.1 Å². The predicted octanol–water partition coefficient (Wildman–Crippen LogP) is 6.31. The molecule has 3 rings (SSSR count). The first-order valence-electron chi connectivity index (χ1n) is 12.1. The van der Waals surface area contributed by atoms with Gasteiger partial charge in [-0.15, -0.1) is 0 Å². The molecule has 0 amide bonds. The summed E-state index contributed by atoms with van der Waals surface area (Å²) in [5, 5.41) is 4.85. The van der Waals surface area contributed by atoms with Crippen molar-refractivity contribution < 1.29 is 23.1 Å². The predicted molar refractivity (Wildman–Crippen MR) is 143 cm³/mol. The molecule has 3 aromatic rings. The fraction of sp³-hybridized carbons (Fsp3) is 0.500. The molecule has 34 heavy (non-hydrogen) atoms. The van der Waals surface area contributed by atoms with Crippen molar-refractivity contribution in [3.8, 4) is 5.75 Å². The van der Waals surface area contributed by atoms with Crippen LogP contribution in [0.25, 0.3) is 21.5 Å². The van der Waals surface area contributed by atoms with Crippen LogP contribution in [0.2, 0.25) is 13.1 Å². The second-order valence-electron chi connectivity index (χ2n) is 9.44. The standard InChI is InChI=1S/C28H40O5Si/c1-19-15-24-23(5)25-16-20(2)22(4)18-27(25)28(26(24)17-21(19)3)32-13-11-30-9-10-31-12-14-33-34(7,8)29-6/h15-18H,9-14H2,1-8H3. The molecule has 0 atom stereocenters. The number of fused-ring (bicyclic) bond motifs is 2. The van der Waals surface area contributed by atoms with Crippen molar-refractivity contribution in [3.05, 3.63) is 52.1 Å². The molecule has 6 heteroatoms. The second kappa shape index (κ2) is 11.6. The van der Waals surface area contributed by atoms with Gasteiger partial charge in [-0.1, -0.05) is 12.1 Å². The maximum Gasteiger partial charge on any atom is 0.331 e. The Kier molecular flexibility index (Phi) is 9.12. The molecule has 0 aliphatic rings. The van der Waals surface area contributed by atoms with Gasteiger partial charge in [-0.05, 0) is 98.4 Å². The zero-order valence-corrected chi connectivity index (χ0v) is 23.1. The van der Waals surface area contributed by atoms with Crippen molar-refractivity contribution in [2.75, 3.05) is 46.8 Å². The molecule has 0 bridgehead atoms. The number of rotatable bonds is 12. The highest BCUT2D eigenvalue weighted by atomic mass is 28.4. The first kappa shape index (κ1) is 26.6. The van der Waals surface area contributed by atoms with Crippen molar-refractivity contribution in [1.82, 2.24) is 0 Å². The zero-order valence-electron chi connectivity index (χ0n) is 22.1. The van der Waals surface area contributed by atoms with Crippen LogP contribution in [0.5, 0.6) is 5.75 Å². The van der Waals surface area contributed by atoms with Crippen molar-refractivity contribution in [3.63, 3.8) is 0 Å². The molecular weight excluding hydrogens is 444 g/mol. The van der Waals surface area contributed by atoms with Crippen LogP contribution < -0.4 is 4.74 Å². The summed E-state index contributed by atoms with van der Waals surface area (Å²) >= 11 is 0. The molecule has 0 unspecified atom stereocenters. The lowest BCUT2D eigenvalue weighted by atomic mass is 9.91. The summed E-state index contributed by atoms with van der Waals surface area (Å²) in [6, 6.07) is 9.09. The minimum Gasteiger partial charge on any atom is -0.490 e. The van der Waals surface area contributed by atoms with E-state index in [-0.39, 0.29) is 0 Å². The van der Waals surface area contributed by atoms with Crippen LogP contribution in [-0.2, 0) is 18.3 Å². The van der Waals surface area contributed by atoms with Crippen LogP contribution in [0.3, 0.4) is 0 Å². The number of hydrogen-bond donors (Lipinski definition) is 0. The van der Waals surface area contributed by atoms with E-state index in [1.54, 1.807) is 7.11 Å². The maximum absolute atomic E-state index is 6.38. The molecular formula is C28H40O5Si. The number of ether oxygens (including phenoxy) is 3. The lowest BCUT2D eigenvalue weighted by molar-refractivity contribution is 0.0239. The van der Waals surface area contributed by atoms with Gasteiger partial charge in [0.2, 0.25) is 0 Å². The Morgan fingerprint density at radius 3 is 1.47 bits per heavy atom. The number of aryl methyl sites for hydroxylation is 5. The first-order valence-corrected chi connectivity index (χ1v) is 14.9. The van der Waals surface area contributed by atoms with Gasteiger partial charge >= 0.3 is 8.56 Å². The van der Waals surface area contributed by atoms with E-state index in [4.69, 9.17) is 23.1 Å². The summed E-state index contributed by atoms with van der Waals surface area (Å²) < 4.78 is 28.8. The number of hydrogen-bond acceptors (Lipinski definition) is 5. The van der Waals surface area contributed by atoms with Gasteiger partial charge in [-0.3, -0.25) is 0 Å². The lowest BCUT2D eigenvalue weighted by Gasteiger charge is -2.20. The molecule has 0 aliphatic heterocycles. The Morgan fingerprint density at radius 2 is 1.00 bits per heavy atom. The fourth-order valence-corrected chi connectivity index (χ4v) is 4.70. The average molecular weight is 485 g/mol. The Bertz CT molecular complexity index is 1070. The molecule has 0 N–H and O–H groups in total. The Hall–Kier alpha value is -1.96. The quantitative estimate of drug-likeness (QED) is 0.171. The van der Waals surface area contributed by atoms with Crippen LogP contribution in [0.1, 0.15) is 27.8 Å². The van der Waals surface area contributed by atoms with Gasteiger partial charge in [0.25, 0.3) is 0 Å². The third-order valence-corrected chi connectivity index (χ3v) is 8.46. The van der Waals surface area contributed by atoms with E-state index >= 15 is 0 Å². The smallest absolute Gasteiger partial charge is 0.331 e. The average Bonchev–Trinajstić information content (AvgIpc) is 2.79. The van der Waals surface area contributed by atoms with Crippen LogP contribution >= 0.6 is 0 Å². The molecule has 0 fully saturated rings. The van der Waals surface area contributed by atoms with E-state index in [1.165, 1.54) is 49.4 Å². The van der Waals surface area contributed by atoms with E-state index in [9.17, 15) is 0 Å². The lowest BCUT2D eigenvalue weighted by Crippen LogP contribution is -2.34. The third kappa shape index (κ3) is 6.37. The highest BCUT2D eigenvalue weighted by Crippen LogP contribution is 2.40. The highest BCUT2D eigenvalue weighted by Gasteiger charge is 2.21. The van der Waals surface area contributed by atoms with Gasteiger partial charge in [0.05, 0.1) is 33.0 Å². The van der Waals surface area contributed by atoms with E-state index < -0.39 is 8.56 Å². The minimum atomic E-state index is -1.98. The molecule has 0 aliphatic carbocycles. The van der Waals surface area contributed by atoms with Gasteiger partial charge in [0, 0.05) is 17.9 Å². The Balaban J connectivity index is 1.62. The Labute approximate surface area is 205 Å². The van der Waals surface area contributed by atoms with E-state index in [2.05, 4.69) is 58.9 Å². The SMILES string of the molecule is CO[Si](C)(C)OCCOCCOCCOc1c2cc(C)c(C)cc2c(C)c2cc(C)c(C)cc12. The van der Waals surface area contributed by atoms with Gasteiger partial charge in [-0.25, -0.2) is 0 Å². The summed E-state index contributed by atoms with van der Waals surface area (Å²) in [6.07, 6.45) is 0. The van der Waals surface area contributed by atoms with Gasteiger partial charge in [-0.2, -0.15) is 0 Å². The minimum absolute atomic E-state index is 0.490. The highest BCUT2D eigenvalue weighted by molar-refractivity contribution is 6.64. The van der Waals surface area contributed by atoms with Crippen LogP contribution in [0, 0.1) is 34.6 Å². The molecule has 3 aromatic carbocycles. The maximum atomic E-state index is 6.38. The van der Waals surface area contributed by atoms with E-state index in [0.717, 1.165) is 5.75 Å². The molecule has 0 saturated heterocycles. The monoisotopic (exact) mass is 484 g/mol. The molecule has 5 nitrogen and oxygen atoms in total. The van der Waals surface area contributed by atoms with Crippen molar-refractivity contribution in [2.24, 2.45) is 0 Å². The van der Waals surface area contributed by atoms with Crippen LogP contribution in [0.15, 0.2) is 24.3 Å².